The lowest BCUT2D eigenvalue weighted by atomic mass is 9.84. The molecule has 2 heterocycles. The maximum Gasteiger partial charge on any atom is 0.264 e. The highest BCUT2D eigenvalue weighted by Gasteiger charge is 2.69. The molecule has 1 aliphatic carbocycles. The van der Waals surface area contributed by atoms with E-state index in [1.54, 1.807) is 4.90 Å². The second-order valence-corrected chi connectivity index (χ2v) is 14.3. The highest BCUT2D eigenvalue weighted by Crippen LogP contribution is 2.65. The first-order chi connectivity index (χ1) is 17.8. The molecule has 3 aliphatic rings. The van der Waals surface area contributed by atoms with Gasteiger partial charge in [-0.3, -0.25) is 29.4 Å². The molecule has 0 radical (unpaired) electrons. The molecule has 0 bridgehead atoms. The minimum atomic E-state index is -1.05. The third-order valence-corrected chi connectivity index (χ3v) is 8.48. The van der Waals surface area contributed by atoms with Gasteiger partial charge < -0.3 is 26.6 Å². The van der Waals surface area contributed by atoms with Crippen LogP contribution in [0.3, 0.4) is 0 Å². The molecule has 0 aromatic rings. The van der Waals surface area contributed by atoms with Gasteiger partial charge in [-0.05, 0) is 40.9 Å². The first-order valence-electron chi connectivity index (χ1n) is 13.8. The zero-order chi connectivity index (χ0) is 29.7. The van der Waals surface area contributed by atoms with E-state index < -0.39 is 47.0 Å². The normalized spacial score (nSPS) is 27.2. The lowest BCUT2D eigenvalue weighted by molar-refractivity contribution is -0.146. The Hall–Kier alpha value is -2.98. The topological polar surface area (TPSA) is 175 Å². The molecule has 11 heteroatoms. The summed E-state index contributed by atoms with van der Waals surface area (Å²) in [6.07, 6.45) is 0.857. The van der Waals surface area contributed by atoms with E-state index in [-0.39, 0.29) is 53.2 Å². The summed E-state index contributed by atoms with van der Waals surface area (Å²) in [6, 6.07) is -2.72. The Morgan fingerprint density at radius 1 is 1.13 bits per heavy atom. The molecule has 0 unspecified atom stereocenters. The number of nitrogens with zero attached hydrogens (tertiary/aromatic N) is 1. The fourth-order valence-corrected chi connectivity index (χ4v) is 6.15. The van der Waals surface area contributed by atoms with E-state index in [2.05, 4.69) is 29.8 Å². The van der Waals surface area contributed by atoms with Crippen LogP contribution >= 0.6 is 0 Å². The molecule has 0 spiro atoms. The Morgan fingerprint density at radius 2 is 1.74 bits per heavy atom. The van der Waals surface area contributed by atoms with Gasteiger partial charge in [-0.15, -0.1) is 0 Å². The van der Waals surface area contributed by atoms with Crippen LogP contribution in [0.15, 0.2) is 0 Å². The predicted octanol–water partition coefficient (Wildman–Crippen LogP) is 0.953. The molecule has 2 aliphatic heterocycles. The van der Waals surface area contributed by atoms with Crippen LogP contribution in [0.2, 0.25) is 0 Å². The summed E-state index contributed by atoms with van der Waals surface area (Å²) in [4.78, 5) is 66.3. The lowest BCUT2D eigenvalue weighted by Crippen LogP contribution is -2.60. The highest BCUT2D eigenvalue weighted by atomic mass is 16.2. The molecular weight excluding hydrogens is 500 g/mol. The van der Waals surface area contributed by atoms with Crippen LogP contribution in [-0.2, 0) is 24.0 Å². The first kappa shape index (κ1) is 30.6. The second-order valence-electron chi connectivity index (χ2n) is 14.3. The fraction of sp³-hybridized carbons (Fsp3) is 0.786. The fourth-order valence-electron chi connectivity index (χ4n) is 6.15. The second kappa shape index (κ2) is 10.5. The number of rotatable bonds is 9. The number of hydrogen-bond donors (Lipinski definition) is 5. The van der Waals surface area contributed by atoms with Gasteiger partial charge in [-0.25, -0.2) is 0 Å². The molecule has 3 rings (SSSR count). The third kappa shape index (κ3) is 6.61. The lowest BCUT2D eigenvalue weighted by Gasteiger charge is -2.38. The summed E-state index contributed by atoms with van der Waals surface area (Å²) < 4.78 is 0. The van der Waals surface area contributed by atoms with Crippen molar-refractivity contribution in [2.24, 2.45) is 39.7 Å². The van der Waals surface area contributed by atoms with Crippen LogP contribution in [0, 0.1) is 39.4 Å². The smallest absolute Gasteiger partial charge is 0.264 e. The van der Waals surface area contributed by atoms with Crippen molar-refractivity contribution in [1.29, 1.82) is 5.41 Å². The van der Waals surface area contributed by atoms with Gasteiger partial charge in [0.2, 0.25) is 23.6 Å². The van der Waals surface area contributed by atoms with Crippen molar-refractivity contribution < 1.29 is 24.0 Å². The number of amides is 5. The molecule has 2 saturated heterocycles. The van der Waals surface area contributed by atoms with Crippen LogP contribution in [-0.4, -0.2) is 71.4 Å². The number of fused-ring (bicyclic) bond motifs is 1. The van der Waals surface area contributed by atoms with Gasteiger partial charge in [-0.2, -0.15) is 0 Å². The number of nitrogens with one attached hydrogen (secondary N) is 4. The molecule has 3 fully saturated rings. The van der Waals surface area contributed by atoms with Crippen molar-refractivity contribution in [2.45, 2.75) is 92.8 Å². The van der Waals surface area contributed by atoms with Gasteiger partial charge in [0.15, 0.2) is 0 Å². The van der Waals surface area contributed by atoms with Crippen LogP contribution in [0.5, 0.6) is 0 Å². The Labute approximate surface area is 231 Å². The van der Waals surface area contributed by atoms with Gasteiger partial charge in [0.1, 0.15) is 17.8 Å². The number of carbonyl (C=O) groups excluding carboxylic acids is 5. The SMILES string of the molecule is CC(C)(C)CC(=O)N[C@H](C(=O)N1C[C@H]2[C@@H]([C@H]1C(=O)N[C@@H](C[C@@H]1CCNC1=O)C(=N)C(N)=O)C2(C)C)C(C)(C)C. The average Bonchev–Trinajstić information content (AvgIpc) is 3.14. The van der Waals surface area contributed by atoms with Crippen LogP contribution in [0.4, 0.5) is 0 Å². The Bertz CT molecular complexity index is 1060. The number of carbonyl (C=O) groups is 5. The monoisotopic (exact) mass is 546 g/mol. The zero-order valence-corrected chi connectivity index (χ0v) is 24.6. The third-order valence-electron chi connectivity index (χ3n) is 8.48. The van der Waals surface area contributed by atoms with Gasteiger partial charge in [-0.1, -0.05) is 55.4 Å². The number of hydrogen-bond acceptors (Lipinski definition) is 6. The summed E-state index contributed by atoms with van der Waals surface area (Å²) >= 11 is 0. The van der Waals surface area contributed by atoms with Crippen LogP contribution < -0.4 is 21.7 Å². The van der Waals surface area contributed by atoms with Crippen molar-refractivity contribution >= 4 is 35.2 Å². The molecule has 0 aromatic heterocycles. The highest BCUT2D eigenvalue weighted by molar-refractivity contribution is 6.39. The summed E-state index contributed by atoms with van der Waals surface area (Å²) in [7, 11) is 0. The van der Waals surface area contributed by atoms with Gasteiger partial charge in [0.25, 0.3) is 5.91 Å². The van der Waals surface area contributed by atoms with Crippen LogP contribution in [0.1, 0.15) is 74.7 Å². The Balaban J connectivity index is 1.86. The zero-order valence-electron chi connectivity index (χ0n) is 24.6. The van der Waals surface area contributed by atoms with E-state index in [0.29, 0.717) is 19.5 Å². The molecule has 6 atom stereocenters. The molecule has 11 nitrogen and oxygen atoms in total. The number of nitrogens with two attached hydrogens (primary N) is 1. The standard InChI is InChI=1S/C28H46N6O5/c1-26(2,3)12-17(35)33-21(27(4,5)6)25(39)34-13-15-18(28(15,7)8)20(34)24(38)32-16(19(29)22(30)36)11-14-9-10-31-23(14)37/h14-16,18,20-21,29H,9-13H2,1-8H3,(H2,30,36)(H,31,37)(H,32,38)(H,33,35)/t14-,15-,16-,18-,20-,21+/m0/s1. The Morgan fingerprint density at radius 3 is 2.23 bits per heavy atom. The summed E-state index contributed by atoms with van der Waals surface area (Å²) in [5, 5.41) is 16.7. The van der Waals surface area contributed by atoms with Gasteiger partial charge >= 0.3 is 0 Å². The molecule has 5 amide bonds. The van der Waals surface area contributed by atoms with E-state index in [1.165, 1.54) is 0 Å². The summed E-state index contributed by atoms with van der Waals surface area (Å²) in [5.74, 6) is -2.66. The maximum absolute atomic E-state index is 14.0. The average molecular weight is 547 g/mol. The Kier molecular flexibility index (Phi) is 8.26. The van der Waals surface area contributed by atoms with Crippen molar-refractivity contribution in [3.63, 3.8) is 0 Å². The van der Waals surface area contributed by atoms with Gasteiger partial charge in [0.05, 0.1) is 6.04 Å². The van der Waals surface area contributed by atoms with E-state index in [9.17, 15) is 24.0 Å². The van der Waals surface area contributed by atoms with E-state index >= 15 is 0 Å². The molecule has 218 valence electrons. The maximum atomic E-state index is 14.0. The predicted molar refractivity (Wildman–Crippen MR) is 146 cm³/mol. The number of piperidine rings is 1. The van der Waals surface area contributed by atoms with E-state index in [4.69, 9.17) is 11.1 Å². The van der Waals surface area contributed by atoms with Crippen molar-refractivity contribution in [3.05, 3.63) is 0 Å². The largest absolute Gasteiger partial charge is 0.364 e. The first-order valence-corrected chi connectivity index (χ1v) is 13.8. The van der Waals surface area contributed by atoms with E-state index in [0.717, 1.165) is 0 Å². The minimum absolute atomic E-state index is 0.0744. The molecule has 39 heavy (non-hydrogen) atoms. The quantitative estimate of drug-likeness (QED) is 0.270. The van der Waals surface area contributed by atoms with Crippen molar-refractivity contribution in [1.82, 2.24) is 20.9 Å². The van der Waals surface area contributed by atoms with Crippen molar-refractivity contribution in [2.75, 3.05) is 13.1 Å². The summed E-state index contributed by atoms with van der Waals surface area (Å²) in [6.45, 7) is 16.5. The van der Waals surface area contributed by atoms with Crippen LogP contribution in [0.25, 0.3) is 0 Å². The molecule has 0 aromatic carbocycles. The van der Waals surface area contributed by atoms with Crippen molar-refractivity contribution in [3.8, 4) is 0 Å². The minimum Gasteiger partial charge on any atom is -0.364 e. The number of likely N-dealkylation sites (tertiary alicyclic amines) is 1. The number of primary amides is 1. The summed E-state index contributed by atoms with van der Waals surface area (Å²) in [5.41, 5.74) is 3.88. The molecular formula is C28H46N6O5. The van der Waals surface area contributed by atoms with Gasteiger partial charge in [0, 0.05) is 25.4 Å². The van der Waals surface area contributed by atoms with E-state index in [1.807, 2.05) is 41.5 Å². The molecule has 1 saturated carbocycles. The molecule has 6 N–H and O–H groups in total.